The van der Waals surface area contributed by atoms with Crippen LogP contribution in [0.2, 0.25) is 0 Å². The third-order valence-electron chi connectivity index (χ3n) is 5.06. The molecule has 6 rings (SSSR count). The molecule has 0 radical (unpaired) electrons. The van der Waals surface area contributed by atoms with E-state index in [9.17, 15) is 0 Å². The molecule has 0 saturated heterocycles. The molecule has 0 unspecified atom stereocenters. The Morgan fingerprint density at radius 1 is 0.522 bits per heavy atom. The molecule has 106 valence electrons. The van der Waals surface area contributed by atoms with Crippen molar-refractivity contribution in [1.82, 2.24) is 0 Å². The van der Waals surface area contributed by atoms with Gasteiger partial charge in [0.2, 0.25) is 0 Å². The van der Waals surface area contributed by atoms with Crippen LogP contribution in [-0.4, -0.2) is 0 Å². The van der Waals surface area contributed by atoms with Crippen molar-refractivity contribution in [2.24, 2.45) is 0 Å². The molecule has 23 heavy (non-hydrogen) atoms. The van der Waals surface area contributed by atoms with E-state index in [1.54, 1.807) is 0 Å². The lowest BCUT2D eigenvalue weighted by Gasteiger charge is -2.15. The quantitative estimate of drug-likeness (QED) is 0.210. The Hall–Kier alpha value is -2.64. The molecule has 0 N–H and O–H groups in total. The van der Waals surface area contributed by atoms with E-state index < -0.39 is 0 Å². The fourth-order valence-corrected chi connectivity index (χ4v) is 5.01. The summed E-state index contributed by atoms with van der Waals surface area (Å²) in [7, 11) is 0. The summed E-state index contributed by atoms with van der Waals surface area (Å²) in [4.78, 5) is 0. The Morgan fingerprint density at radius 3 is 2.04 bits per heavy atom. The van der Waals surface area contributed by atoms with Gasteiger partial charge in [-0.05, 0) is 60.6 Å². The van der Waals surface area contributed by atoms with Crippen LogP contribution in [0.1, 0.15) is 0 Å². The van der Waals surface area contributed by atoms with E-state index in [4.69, 9.17) is 0 Å². The van der Waals surface area contributed by atoms with E-state index in [2.05, 4.69) is 72.1 Å². The van der Waals surface area contributed by atoms with Crippen molar-refractivity contribution in [2.45, 2.75) is 0 Å². The summed E-state index contributed by atoms with van der Waals surface area (Å²) in [5.41, 5.74) is 0. The van der Waals surface area contributed by atoms with Crippen molar-refractivity contribution < 1.29 is 0 Å². The number of thiophene rings is 1. The number of fused-ring (bicyclic) bond motifs is 4. The van der Waals surface area contributed by atoms with Crippen molar-refractivity contribution in [3.8, 4) is 0 Å². The van der Waals surface area contributed by atoms with Crippen LogP contribution >= 0.6 is 11.3 Å². The van der Waals surface area contributed by atoms with Crippen molar-refractivity contribution in [1.29, 1.82) is 0 Å². The first-order valence-corrected chi connectivity index (χ1v) is 8.75. The standard InChI is InChI=1S/C22H12S/c1-4-13-5-2-9-18-20(13)15(7-1)16-8-3-6-14-12-19-17(10-11-23-19)22(18)21(14)16/h1-12H. The Labute approximate surface area is 136 Å². The minimum atomic E-state index is 1.33. The van der Waals surface area contributed by atoms with Gasteiger partial charge in [-0.15, -0.1) is 11.3 Å². The lowest BCUT2D eigenvalue weighted by atomic mass is 9.88. The second-order valence-electron chi connectivity index (χ2n) is 6.20. The highest BCUT2D eigenvalue weighted by Crippen LogP contribution is 2.44. The van der Waals surface area contributed by atoms with E-state index in [1.807, 2.05) is 11.3 Å². The molecule has 0 aliphatic carbocycles. The number of rotatable bonds is 0. The van der Waals surface area contributed by atoms with Gasteiger partial charge in [-0.25, -0.2) is 0 Å². The average molecular weight is 308 g/mol. The summed E-state index contributed by atoms with van der Waals surface area (Å²) >= 11 is 1.83. The van der Waals surface area contributed by atoms with Crippen molar-refractivity contribution >= 4 is 64.5 Å². The Kier molecular flexibility index (Phi) is 2.07. The number of benzene rings is 5. The second-order valence-corrected chi connectivity index (χ2v) is 7.14. The third kappa shape index (κ3) is 1.37. The summed E-state index contributed by atoms with van der Waals surface area (Å²) in [6.07, 6.45) is 0. The van der Waals surface area contributed by atoms with Gasteiger partial charge in [0, 0.05) is 10.1 Å². The largest absolute Gasteiger partial charge is 0.144 e. The zero-order valence-electron chi connectivity index (χ0n) is 12.3. The smallest absolute Gasteiger partial charge is 0.0355 e. The lowest BCUT2D eigenvalue weighted by molar-refractivity contribution is 1.81. The summed E-state index contributed by atoms with van der Waals surface area (Å²) in [5, 5.41) is 14.6. The molecule has 6 aromatic rings. The minimum Gasteiger partial charge on any atom is -0.144 e. The first-order valence-electron chi connectivity index (χ1n) is 7.87. The predicted octanol–water partition coefficient (Wildman–Crippen LogP) is 6.95. The van der Waals surface area contributed by atoms with E-state index in [-0.39, 0.29) is 0 Å². The van der Waals surface area contributed by atoms with Crippen LogP contribution in [-0.2, 0) is 0 Å². The zero-order chi connectivity index (χ0) is 15.0. The Morgan fingerprint density at radius 2 is 1.22 bits per heavy atom. The molecule has 0 bridgehead atoms. The van der Waals surface area contributed by atoms with Gasteiger partial charge in [-0.3, -0.25) is 0 Å². The summed E-state index contributed by atoms with van der Waals surface area (Å²) in [5.74, 6) is 0. The highest BCUT2D eigenvalue weighted by atomic mass is 32.1. The Balaban J connectivity index is 2.16. The summed E-state index contributed by atoms with van der Waals surface area (Å²) < 4.78 is 1.38. The predicted molar refractivity (Wildman–Crippen MR) is 103 cm³/mol. The van der Waals surface area contributed by atoms with Gasteiger partial charge in [0.1, 0.15) is 0 Å². The van der Waals surface area contributed by atoms with E-state index >= 15 is 0 Å². The highest BCUT2D eigenvalue weighted by molar-refractivity contribution is 7.17. The molecule has 0 atom stereocenters. The molecule has 0 amide bonds. The van der Waals surface area contributed by atoms with Gasteiger partial charge in [0.05, 0.1) is 0 Å². The molecule has 0 aliphatic rings. The minimum absolute atomic E-state index is 1.33. The molecule has 0 saturated carbocycles. The Bertz CT molecular complexity index is 1350. The van der Waals surface area contributed by atoms with E-state index in [1.165, 1.54) is 53.2 Å². The lowest BCUT2D eigenvalue weighted by Crippen LogP contribution is -1.86. The van der Waals surface area contributed by atoms with E-state index in [0.29, 0.717) is 0 Å². The van der Waals surface area contributed by atoms with Gasteiger partial charge >= 0.3 is 0 Å². The molecule has 1 aromatic heterocycles. The van der Waals surface area contributed by atoms with Crippen molar-refractivity contribution in [3.63, 3.8) is 0 Å². The topological polar surface area (TPSA) is 0 Å². The van der Waals surface area contributed by atoms with E-state index in [0.717, 1.165) is 0 Å². The SMILES string of the molecule is c1cc2cccc3c2c(c1)c1cccc2cc4sccc4c3c21. The fraction of sp³-hybridized carbons (Fsp3) is 0. The van der Waals surface area contributed by atoms with Crippen LogP contribution < -0.4 is 0 Å². The van der Waals surface area contributed by atoms with Crippen LogP contribution in [0.3, 0.4) is 0 Å². The fourth-order valence-electron chi connectivity index (χ4n) is 4.16. The van der Waals surface area contributed by atoms with Crippen molar-refractivity contribution in [2.75, 3.05) is 0 Å². The summed E-state index contributed by atoms with van der Waals surface area (Å²) in [6, 6.07) is 24.7. The van der Waals surface area contributed by atoms with Gasteiger partial charge in [-0.2, -0.15) is 0 Å². The van der Waals surface area contributed by atoms with Crippen LogP contribution in [0.4, 0.5) is 0 Å². The van der Waals surface area contributed by atoms with Crippen LogP contribution in [0.25, 0.3) is 53.2 Å². The second kappa shape index (κ2) is 4.01. The monoisotopic (exact) mass is 308 g/mol. The molecule has 0 aliphatic heterocycles. The van der Waals surface area contributed by atoms with Gasteiger partial charge in [-0.1, -0.05) is 54.6 Å². The van der Waals surface area contributed by atoms with Crippen LogP contribution in [0.15, 0.2) is 72.1 Å². The van der Waals surface area contributed by atoms with Crippen LogP contribution in [0.5, 0.6) is 0 Å². The third-order valence-corrected chi connectivity index (χ3v) is 5.93. The summed E-state index contributed by atoms with van der Waals surface area (Å²) in [6.45, 7) is 0. The molecule has 1 heterocycles. The maximum atomic E-state index is 2.34. The first kappa shape index (κ1) is 11.9. The molecule has 0 nitrogen and oxygen atoms in total. The normalized spacial score (nSPS) is 12.3. The van der Waals surface area contributed by atoms with Gasteiger partial charge in [0.25, 0.3) is 0 Å². The molecule has 1 heteroatoms. The zero-order valence-corrected chi connectivity index (χ0v) is 13.2. The molecule has 5 aromatic carbocycles. The molecule has 0 fully saturated rings. The maximum Gasteiger partial charge on any atom is 0.0355 e. The first-order chi connectivity index (χ1) is 11.4. The average Bonchev–Trinajstić information content (AvgIpc) is 3.06. The molecular weight excluding hydrogens is 296 g/mol. The van der Waals surface area contributed by atoms with Gasteiger partial charge < -0.3 is 0 Å². The van der Waals surface area contributed by atoms with Gasteiger partial charge in [0.15, 0.2) is 0 Å². The van der Waals surface area contributed by atoms with Crippen LogP contribution in [0, 0.1) is 0 Å². The number of hydrogen-bond acceptors (Lipinski definition) is 1. The molecular formula is C22H12S. The highest BCUT2D eigenvalue weighted by Gasteiger charge is 2.15. The molecule has 0 spiro atoms. The maximum absolute atomic E-state index is 2.34. The van der Waals surface area contributed by atoms with Crippen molar-refractivity contribution in [3.05, 3.63) is 72.1 Å². The number of hydrogen-bond donors (Lipinski definition) is 0.